The summed E-state index contributed by atoms with van der Waals surface area (Å²) >= 11 is 8.79. The van der Waals surface area contributed by atoms with Gasteiger partial charge in [0.1, 0.15) is 10.0 Å². The molecule has 4 aromatic heterocycles. The Morgan fingerprint density at radius 3 is 2.77 bits per heavy atom. The lowest BCUT2D eigenvalue weighted by atomic mass is 9.88. The van der Waals surface area contributed by atoms with E-state index in [-0.39, 0.29) is 26.9 Å². The number of nitrogens with zero attached hydrogens (tertiary/aromatic N) is 3. The Morgan fingerprint density at radius 2 is 2.11 bits per heavy atom. The minimum absolute atomic E-state index is 0.0599. The number of fused-ring (bicyclic) bond motifs is 2. The summed E-state index contributed by atoms with van der Waals surface area (Å²) in [5.41, 5.74) is 4.81. The summed E-state index contributed by atoms with van der Waals surface area (Å²) < 4.78 is 42.1. The third-order valence-electron chi connectivity index (χ3n) is 5.80. The van der Waals surface area contributed by atoms with E-state index in [2.05, 4.69) is 22.3 Å². The maximum absolute atomic E-state index is 13.9. The molecule has 0 fully saturated rings. The average Bonchev–Trinajstić information content (AvgIpc) is 3.50. The lowest BCUT2D eigenvalue weighted by Crippen LogP contribution is -2.20. The highest BCUT2D eigenvalue weighted by Crippen LogP contribution is 2.40. The molecule has 2 amide bonds. The minimum Gasteiger partial charge on any atom is -0.365 e. The highest BCUT2D eigenvalue weighted by atomic mass is 35.5. The fourth-order valence-corrected chi connectivity index (χ4v) is 6.49. The van der Waals surface area contributed by atoms with Crippen LogP contribution in [-0.4, -0.2) is 26.4 Å². The second-order valence-corrected chi connectivity index (χ2v) is 10.7. The average molecular weight is 540 g/mol. The first-order valence-electron chi connectivity index (χ1n) is 10.5. The highest BCUT2D eigenvalue weighted by Gasteiger charge is 2.37. The van der Waals surface area contributed by atoms with Gasteiger partial charge in [0, 0.05) is 4.88 Å². The van der Waals surface area contributed by atoms with E-state index in [0.29, 0.717) is 21.7 Å². The number of thiophene rings is 2. The Hall–Kier alpha value is -2.96. The number of alkyl halides is 3. The molecule has 5 rings (SSSR count). The van der Waals surface area contributed by atoms with Crippen molar-refractivity contribution in [1.82, 2.24) is 14.6 Å². The number of halogens is 4. The molecular formula is C22H17ClF3N5O2S2. The van der Waals surface area contributed by atoms with Crippen molar-refractivity contribution in [3.8, 4) is 10.6 Å². The molecule has 1 aliphatic carbocycles. The van der Waals surface area contributed by atoms with Gasteiger partial charge in [0.05, 0.1) is 16.1 Å². The molecule has 3 N–H and O–H groups in total. The summed E-state index contributed by atoms with van der Waals surface area (Å²) in [6.45, 7) is 2.09. The molecule has 0 aromatic carbocycles. The largest absolute Gasteiger partial charge is 0.433 e. The molecule has 7 nitrogen and oxygen atoms in total. The first kappa shape index (κ1) is 23.8. The Bertz CT molecular complexity index is 1480. The van der Waals surface area contributed by atoms with Crippen molar-refractivity contribution in [3.05, 3.63) is 56.0 Å². The minimum atomic E-state index is -4.78. The van der Waals surface area contributed by atoms with E-state index >= 15 is 0 Å². The number of anilines is 1. The third-order valence-corrected chi connectivity index (χ3v) is 8.21. The number of rotatable bonds is 4. The van der Waals surface area contributed by atoms with Crippen LogP contribution in [0.2, 0.25) is 5.02 Å². The monoisotopic (exact) mass is 539 g/mol. The van der Waals surface area contributed by atoms with Gasteiger partial charge in [-0.3, -0.25) is 9.59 Å². The van der Waals surface area contributed by atoms with Crippen LogP contribution in [0.25, 0.3) is 16.2 Å². The van der Waals surface area contributed by atoms with Crippen molar-refractivity contribution in [2.75, 3.05) is 5.32 Å². The number of primary amides is 1. The van der Waals surface area contributed by atoms with E-state index in [1.54, 1.807) is 17.5 Å². The number of aromatic nitrogens is 3. The summed E-state index contributed by atoms with van der Waals surface area (Å²) in [5, 5.41) is 8.06. The van der Waals surface area contributed by atoms with Gasteiger partial charge < -0.3 is 11.1 Å². The number of nitrogens with one attached hydrogen (secondary N) is 1. The second-order valence-electron chi connectivity index (χ2n) is 8.27. The quantitative estimate of drug-likeness (QED) is 0.349. The highest BCUT2D eigenvalue weighted by molar-refractivity contribution is 7.17. The number of carbonyl (C=O) groups excluding carboxylic acids is 2. The lowest BCUT2D eigenvalue weighted by Gasteiger charge is -2.18. The van der Waals surface area contributed by atoms with Crippen molar-refractivity contribution in [2.24, 2.45) is 11.7 Å². The molecule has 35 heavy (non-hydrogen) atoms. The number of nitrogens with two attached hydrogens (primary N) is 1. The van der Waals surface area contributed by atoms with Crippen molar-refractivity contribution < 1.29 is 22.8 Å². The molecule has 1 aliphatic rings. The smallest absolute Gasteiger partial charge is 0.365 e. The van der Waals surface area contributed by atoms with Gasteiger partial charge in [0.2, 0.25) is 0 Å². The van der Waals surface area contributed by atoms with Crippen molar-refractivity contribution >= 4 is 56.7 Å². The molecule has 0 radical (unpaired) electrons. The van der Waals surface area contributed by atoms with E-state index in [1.807, 2.05) is 0 Å². The van der Waals surface area contributed by atoms with Gasteiger partial charge in [-0.2, -0.15) is 18.3 Å². The van der Waals surface area contributed by atoms with Crippen molar-refractivity contribution in [2.45, 2.75) is 32.4 Å². The van der Waals surface area contributed by atoms with Crippen LogP contribution in [0, 0.1) is 5.92 Å². The molecule has 13 heteroatoms. The van der Waals surface area contributed by atoms with Gasteiger partial charge in [-0.05, 0) is 48.3 Å². The SMILES string of the molecule is C[C@@H]1CCc2c(sc(NC(=O)c3nn4c(C(F)(F)F)cc(-c5cccs5)nc4c3Cl)c2C(N)=O)C1. The fraction of sp³-hybridized carbons (Fsp3) is 0.273. The maximum atomic E-state index is 13.9. The van der Waals surface area contributed by atoms with Crippen LogP contribution in [0.3, 0.4) is 0 Å². The van der Waals surface area contributed by atoms with Gasteiger partial charge in [0.25, 0.3) is 11.8 Å². The van der Waals surface area contributed by atoms with Crippen LogP contribution in [0.4, 0.5) is 18.2 Å². The van der Waals surface area contributed by atoms with Gasteiger partial charge in [-0.15, -0.1) is 22.7 Å². The van der Waals surface area contributed by atoms with Crippen LogP contribution < -0.4 is 11.1 Å². The number of hydrogen-bond acceptors (Lipinski definition) is 6. The van der Waals surface area contributed by atoms with Crippen LogP contribution in [0.15, 0.2) is 23.6 Å². The molecule has 0 saturated carbocycles. The van der Waals surface area contributed by atoms with Gasteiger partial charge in [0.15, 0.2) is 17.0 Å². The summed E-state index contributed by atoms with van der Waals surface area (Å²) in [6.07, 6.45) is -2.50. The third kappa shape index (κ3) is 4.19. The first-order chi connectivity index (χ1) is 16.5. The molecule has 0 saturated heterocycles. The number of amides is 2. The second kappa shape index (κ2) is 8.61. The standard InChI is InChI=1S/C22H17ClF3N5O2S2/c1-9-4-5-10-13(7-9)35-21(15(10)18(27)32)29-20(33)17-16(23)19-28-11(12-3-2-6-34-12)8-14(22(24,25)26)31(19)30-17/h2-3,6,8-9H,4-5,7H2,1H3,(H2,27,32)(H,29,33)/t9-/m1/s1. The summed E-state index contributed by atoms with van der Waals surface area (Å²) in [6, 6.07) is 4.18. The van der Waals surface area contributed by atoms with Crippen LogP contribution in [0.1, 0.15) is 50.3 Å². The zero-order chi connectivity index (χ0) is 25.1. The normalized spacial score (nSPS) is 15.9. The van der Waals surface area contributed by atoms with Crippen LogP contribution in [0.5, 0.6) is 0 Å². The maximum Gasteiger partial charge on any atom is 0.433 e. The molecule has 4 aromatic rings. The van der Waals surface area contributed by atoms with Gasteiger partial charge >= 0.3 is 6.18 Å². The van der Waals surface area contributed by atoms with Crippen LogP contribution >= 0.6 is 34.3 Å². The topological polar surface area (TPSA) is 102 Å². The Kier molecular flexibility index (Phi) is 5.85. The Labute approximate surface area is 209 Å². The predicted octanol–water partition coefficient (Wildman–Crippen LogP) is 5.67. The number of hydrogen-bond donors (Lipinski definition) is 2. The van der Waals surface area contributed by atoms with Crippen LogP contribution in [-0.2, 0) is 19.0 Å². The predicted molar refractivity (Wildman–Crippen MR) is 128 cm³/mol. The van der Waals surface area contributed by atoms with E-state index in [4.69, 9.17) is 17.3 Å². The molecule has 4 heterocycles. The molecule has 1 atom stereocenters. The molecule has 0 bridgehead atoms. The zero-order valence-corrected chi connectivity index (χ0v) is 20.5. The molecular weight excluding hydrogens is 523 g/mol. The van der Waals surface area contributed by atoms with Crippen molar-refractivity contribution in [1.29, 1.82) is 0 Å². The van der Waals surface area contributed by atoms with Gasteiger partial charge in [-0.1, -0.05) is 24.6 Å². The van der Waals surface area contributed by atoms with E-state index in [0.717, 1.165) is 29.3 Å². The number of carbonyl (C=O) groups is 2. The first-order valence-corrected chi connectivity index (χ1v) is 12.6. The Morgan fingerprint density at radius 1 is 1.34 bits per heavy atom. The molecule has 0 spiro atoms. The zero-order valence-electron chi connectivity index (χ0n) is 18.1. The van der Waals surface area contributed by atoms with Gasteiger partial charge in [-0.25, -0.2) is 9.50 Å². The molecule has 182 valence electrons. The van der Waals surface area contributed by atoms with Crippen molar-refractivity contribution in [3.63, 3.8) is 0 Å². The summed E-state index contributed by atoms with van der Waals surface area (Å²) in [5.74, 6) is -1.13. The van der Waals surface area contributed by atoms with E-state index < -0.39 is 29.4 Å². The fourth-order valence-electron chi connectivity index (χ4n) is 4.15. The summed E-state index contributed by atoms with van der Waals surface area (Å²) in [4.78, 5) is 31.0. The molecule has 0 aliphatic heterocycles. The Balaban J connectivity index is 1.59. The van der Waals surface area contributed by atoms with E-state index in [9.17, 15) is 22.8 Å². The lowest BCUT2D eigenvalue weighted by molar-refractivity contribution is -0.142. The van der Waals surface area contributed by atoms with E-state index in [1.165, 1.54) is 22.7 Å². The summed E-state index contributed by atoms with van der Waals surface area (Å²) in [7, 11) is 0. The molecule has 0 unspecified atom stereocenters.